The Bertz CT molecular complexity index is 529. The molecule has 6 heteroatoms. The van der Waals surface area contributed by atoms with Gasteiger partial charge in [0.15, 0.2) is 7.05 Å². The summed E-state index contributed by atoms with van der Waals surface area (Å²) in [7, 11) is 3.80. The highest BCUT2D eigenvalue weighted by Gasteiger charge is 2.32. The molecule has 0 saturated carbocycles. The van der Waals surface area contributed by atoms with E-state index in [-0.39, 0.29) is 12.4 Å². The number of rotatable bonds is 1. The van der Waals surface area contributed by atoms with E-state index in [0.717, 1.165) is 11.3 Å². The van der Waals surface area contributed by atoms with Gasteiger partial charge in [-0.15, -0.1) is 4.68 Å². The number of hydrogen-bond acceptors (Lipinski definition) is 0. The lowest BCUT2D eigenvalue weighted by molar-refractivity contribution is -0.741. The third-order valence-corrected chi connectivity index (χ3v) is 3.36. The van der Waals surface area contributed by atoms with Gasteiger partial charge in [0, 0.05) is 11.6 Å². The van der Waals surface area contributed by atoms with Gasteiger partial charge in [-0.1, -0.05) is 53.0 Å². The van der Waals surface area contributed by atoms with Crippen LogP contribution in [0.1, 0.15) is 5.69 Å². The van der Waals surface area contributed by atoms with Crippen molar-refractivity contribution in [2.45, 2.75) is 3.79 Å². The molecular formula is C12H12Cl4N2. The average Bonchev–Trinajstić information content (AvgIpc) is 2.57. The monoisotopic (exact) mass is 324 g/mol. The van der Waals surface area contributed by atoms with E-state index in [1.807, 2.05) is 59.9 Å². The molecule has 0 aliphatic heterocycles. The fraction of sp³-hybridized carbons (Fsp3) is 0.250. The Kier molecular flexibility index (Phi) is 4.96. The van der Waals surface area contributed by atoms with Gasteiger partial charge >= 0.3 is 0 Å². The topological polar surface area (TPSA) is 8.81 Å². The lowest BCUT2D eigenvalue weighted by Crippen LogP contribution is -3.00. The molecule has 18 heavy (non-hydrogen) atoms. The van der Waals surface area contributed by atoms with E-state index >= 15 is 0 Å². The van der Waals surface area contributed by atoms with Gasteiger partial charge in [0.25, 0.3) is 0 Å². The summed E-state index contributed by atoms with van der Waals surface area (Å²) in [6.45, 7) is 0. The van der Waals surface area contributed by atoms with Crippen LogP contribution in [0.5, 0.6) is 0 Å². The van der Waals surface area contributed by atoms with E-state index in [1.165, 1.54) is 0 Å². The van der Waals surface area contributed by atoms with Gasteiger partial charge in [-0.2, -0.15) is 4.68 Å². The first kappa shape index (κ1) is 15.6. The van der Waals surface area contributed by atoms with Crippen molar-refractivity contribution in [3.8, 4) is 11.3 Å². The maximum atomic E-state index is 5.93. The highest BCUT2D eigenvalue weighted by atomic mass is 35.6. The van der Waals surface area contributed by atoms with Crippen LogP contribution in [0.4, 0.5) is 0 Å². The lowest BCUT2D eigenvalue weighted by atomic mass is 10.1. The summed E-state index contributed by atoms with van der Waals surface area (Å²) in [6.07, 6.45) is 0. The molecule has 0 atom stereocenters. The maximum Gasteiger partial charge on any atom is 0.238 e. The van der Waals surface area contributed by atoms with Gasteiger partial charge in [0.2, 0.25) is 9.49 Å². The van der Waals surface area contributed by atoms with Crippen LogP contribution >= 0.6 is 34.8 Å². The van der Waals surface area contributed by atoms with Gasteiger partial charge in [-0.05, 0) is 12.1 Å². The fourth-order valence-corrected chi connectivity index (χ4v) is 2.31. The molecule has 0 spiro atoms. The van der Waals surface area contributed by atoms with Crippen molar-refractivity contribution in [1.82, 2.24) is 4.68 Å². The summed E-state index contributed by atoms with van der Waals surface area (Å²) < 4.78 is 2.36. The molecule has 0 bridgehead atoms. The smallest absolute Gasteiger partial charge is 0.238 e. The Hall–Kier alpha value is -0.410. The molecule has 2 aromatic rings. The second-order valence-corrected chi connectivity index (χ2v) is 6.11. The zero-order valence-corrected chi connectivity index (χ0v) is 12.9. The number of halogens is 4. The zero-order chi connectivity index (χ0) is 12.6. The molecule has 0 N–H and O–H groups in total. The minimum absolute atomic E-state index is 0. The number of benzene rings is 1. The molecule has 2 rings (SSSR count). The van der Waals surface area contributed by atoms with Gasteiger partial charge in [0.05, 0.1) is 7.05 Å². The molecule has 0 fully saturated rings. The highest BCUT2D eigenvalue weighted by molar-refractivity contribution is 6.66. The van der Waals surface area contributed by atoms with Crippen molar-refractivity contribution in [3.05, 3.63) is 42.1 Å². The molecule has 1 aromatic heterocycles. The molecule has 0 unspecified atom stereocenters. The molecule has 0 amide bonds. The summed E-state index contributed by atoms with van der Waals surface area (Å²) in [5, 5.41) is 0. The van der Waals surface area contributed by atoms with Crippen LogP contribution in [0.2, 0.25) is 0 Å². The van der Waals surface area contributed by atoms with E-state index in [0.29, 0.717) is 5.69 Å². The summed E-state index contributed by atoms with van der Waals surface area (Å²) in [4.78, 5) is 0. The number of nitrogens with zero attached hydrogens (tertiary/aromatic N) is 2. The molecule has 0 aliphatic carbocycles. The first-order chi connectivity index (χ1) is 7.91. The quantitative estimate of drug-likeness (QED) is 0.528. The van der Waals surface area contributed by atoms with Crippen molar-refractivity contribution in [3.63, 3.8) is 0 Å². The first-order valence-corrected chi connectivity index (χ1v) is 6.23. The minimum atomic E-state index is -1.42. The SMILES string of the molecule is Cn1c(C(Cl)(Cl)Cl)cc(-c2ccccc2)[n+]1C.[Cl-]. The molecule has 2 nitrogen and oxygen atoms in total. The maximum absolute atomic E-state index is 5.93. The van der Waals surface area contributed by atoms with Crippen LogP contribution in [0.15, 0.2) is 36.4 Å². The third-order valence-electron chi connectivity index (χ3n) is 2.78. The van der Waals surface area contributed by atoms with Gasteiger partial charge in [-0.3, -0.25) is 0 Å². The number of hydrogen-bond donors (Lipinski definition) is 0. The lowest BCUT2D eigenvalue weighted by Gasteiger charge is -2.07. The van der Waals surface area contributed by atoms with Gasteiger partial charge < -0.3 is 12.4 Å². The molecular weight excluding hydrogens is 314 g/mol. The number of aromatic nitrogens is 2. The standard InChI is InChI=1S/C12H12Cl3N2.ClH/c1-16-10(9-6-4-3-5-7-9)8-11(17(16)2)12(13,14)15;/h3-8H,1-2H3;1H/q+1;/p-1. The largest absolute Gasteiger partial charge is 1.00 e. The van der Waals surface area contributed by atoms with Crippen LogP contribution in [-0.4, -0.2) is 4.68 Å². The molecule has 1 aromatic carbocycles. The van der Waals surface area contributed by atoms with Crippen molar-refractivity contribution < 1.29 is 17.1 Å². The number of alkyl halides is 3. The molecule has 0 aliphatic rings. The van der Waals surface area contributed by atoms with E-state index < -0.39 is 3.79 Å². The second-order valence-electron chi connectivity index (χ2n) is 3.83. The molecule has 1 heterocycles. The summed E-state index contributed by atoms with van der Waals surface area (Å²) in [5.41, 5.74) is 2.74. The van der Waals surface area contributed by atoms with Crippen molar-refractivity contribution >= 4 is 34.8 Å². The average molecular weight is 326 g/mol. The fourth-order valence-electron chi connectivity index (χ4n) is 1.78. The third kappa shape index (κ3) is 2.94. The van der Waals surface area contributed by atoms with Crippen LogP contribution in [0.3, 0.4) is 0 Å². The van der Waals surface area contributed by atoms with Crippen molar-refractivity contribution in [2.24, 2.45) is 14.1 Å². The Morgan fingerprint density at radius 3 is 2.11 bits per heavy atom. The van der Waals surface area contributed by atoms with Gasteiger partial charge in [-0.25, -0.2) is 0 Å². The minimum Gasteiger partial charge on any atom is -1.00 e. The van der Waals surface area contributed by atoms with Crippen LogP contribution in [0.25, 0.3) is 11.3 Å². The molecule has 0 radical (unpaired) electrons. The molecule has 0 saturated heterocycles. The Balaban J connectivity index is 0.00000162. The Morgan fingerprint density at radius 2 is 1.67 bits per heavy atom. The highest BCUT2D eigenvalue weighted by Crippen LogP contribution is 2.38. The summed E-state index contributed by atoms with van der Waals surface area (Å²) >= 11 is 17.8. The van der Waals surface area contributed by atoms with E-state index in [2.05, 4.69) is 0 Å². The normalized spacial score (nSPS) is 11.2. The Labute approximate surface area is 127 Å². The predicted molar refractivity (Wildman–Crippen MR) is 71.3 cm³/mol. The van der Waals surface area contributed by atoms with Crippen LogP contribution in [0, 0.1) is 0 Å². The van der Waals surface area contributed by atoms with E-state index in [1.54, 1.807) is 0 Å². The van der Waals surface area contributed by atoms with Gasteiger partial charge in [0.1, 0.15) is 5.69 Å². The predicted octanol–water partition coefficient (Wildman–Crippen LogP) is 0.347. The van der Waals surface area contributed by atoms with Crippen molar-refractivity contribution in [1.29, 1.82) is 0 Å². The Morgan fingerprint density at radius 1 is 1.11 bits per heavy atom. The second kappa shape index (κ2) is 5.70. The summed E-state index contributed by atoms with van der Waals surface area (Å²) in [6, 6.07) is 11.9. The van der Waals surface area contributed by atoms with E-state index in [9.17, 15) is 0 Å². The van der Waals surface area contributed by atoms with E-state index in [4.69, 9.17) is 34.8 Å². The zero-order valence-electron chi connectivity index (χ0n) is 9.87. The molecule has 98 valence electrons. The first-order valence-electron chi connectivity index (χ1n) is 5.10. The van der Waals surface area contributed by atoms with Crippen LogP contribution < -0.4 is 17.1 Å². The van der Waals surface area contributed by atoms with Crippen molar-refractivity contribution in [2.75, 3.05) is 0 Å². The summed E-state index contributed by atoms with van der Waals surface area (Å²) in [5.74, 6) is 0. The van der Waals surface area contributed by atoms with Crippen LogP contribution in [-0.2, 0) is 17.9 Å².